The molecule has 20 heavy (non-hydrogen) atoms. The van der Waals surface area contributed by atoms with Crippen molar-refractivity contribution in [3.05, 3.63) is 34.9 Å². The van der Waals surface area contributed by atoms with Gasteiger partial charge in [0, 0.05) is 12.0 Å². The zero-order chi connectivity index (χ0) is 14.8. The molecular weight excluding hydrogens is 250 g/mol. The molecule has 0 radical (unpaired) electrons. The number of oxime groups is 1. The van der Waals surface area contributed by atoms with Crippen molar-refractivity contribution >= 4 is 5.84 Å². The zero-order valence-corrected chi connectivity index (χ0v) is 12.7. The molecule has 4 heteroatoms. The van der Waals surface area contributed by atoms with Gasteiger partial charge < -0.3 is 10.9 Å². The highest BCUT2D eigenvalue weighted by Gasteiger charge is 2.34. The molecule has 0 unspecified atom stereocenters. The van der Waals surface area contributed by atoms with Gasteiger partial charge in [-0.05, 0) is 45.3 Å². The molecule has 0 saturated carbocycles. The van der Waals surface area contributed by atoms with Crippen LogP contribution in [0.5, 0.6) is 0 Å². The number of likely N-dealkylation sites (tertiary alicyclic amines) is 1. The molecule has 1 aromatic rings. The minimum Gasteiger partial charge on any atom is -0.409 e. The average molecular weight is 275 g/mol. The molecule has 0 aliphatic carbocycles. The average Bonchev–Trinajstić information content (AvgIpc) is 2.39. The molecule has 4 nitrogen and oxygen atoms in total. The fourth-order valence-electron chi connectivity index (χ4n) is 3.00. The molecule has 1 heterocycles. The van der Waals surface area contributed by atoms with Crippen LogP contribution in [0.15, 0.2) is 23.4 Å². The lowest BCUT2D eigenvalue weighted by atomic mass is 9.79. The first-order valence-electron chi connectivity index (χ1n) is 7.20. The van der Waals surface area contributed by atoms with Crippen LogP contribution in [0.1, 0.15) is 36.5 Å². The number of hydrogen-bond donors (Lipinski definition) is 2. The fraction of sp³-hybridized carbons (Fsp3) is 0.562. The van der Waals surface area contributed by atoms with Gasteiger partial charge in [0.05, 0.1) is 0 Å². The van der Waals surface area contributed by atoms with Gasteiger partial charge in [-0.25, -0.2) is 0 Å². The van der Waals surface area contributed by atoms with E-state index in [0.717, 1.165) is 32.5 Å². The molecule has 0 spiro atoms. The second kappa shape index (κ2) is 5.83. The van der Waals surface area contributed by atoms with E-state index in [1.54, 1.807) is 0 Å². The van der Waals surface area contributed by atoms with Gasteiger partial charge >= 0.3 is 0 Å². The highest BCUT2D eigenvalue weighted by molar-refractivity contribution is 5.85. The Balaban J connectivity index is 1.98. The van der Waals surface area contributed by atoms with Crippen molar-refractivity contribution in [1.82, 2.24) is 4.90 Å². The van der Waals surface area contributed by atoms with Crippen LogP contribution in [0.4, 0.5) is 0 Å². The van der Waals surface area contributed by atoms with Crippen LogP contribution in [0.3, 0.4) is 0 Å². The number of nitrogens with two attached hydrogens (primary N) is 1. The van der Waals surface area contributed by atoms with E-state index in [1.165, 1.54) is 16.7 Å². The Morgan fingerprint density at radius 3 is 2.30 bits per heavy atom. The molecule has 0 atom stereocenters. The van der Waals surface area contributed by atoms with Crippen molar-refractivity contribution in [2.45, 2.75) is 40.2 Å². The van der Waals surface area contributed by atoms with Gasteiger partial charge in [0.1, 0.15) is 5.84 Å². The quantitative estimate of drug-likeness (QED) is 0.386. The van der Waals surface area contributed by atoms with Crippen molar-refractivity contribution in [2.24, 2.45) is 16.3 Å². The number of benzene rings is 1. The molecule has 3 N–H and O–H groups in total. The number of hydrogen-bond acceptors (Lipinski definition) is 3. The van der Waals surface area contributed by atoms with Crippen LogP contribution in [0.25, 0.3) is 0 Å². The van der Waals surface area contributed by atoms with E-state index >= 15 is 0 Å². The predicted molar refractivity (Wildman–Crippen MR) is 81.9 cm³/mol. The van der Waals surface area contributed by atoms with Crippen LogP contribution in [-0.2, 0) is 6.54 Å². The third-order valence-electron chi connectivity index (χ3n) is 4.37. The molecule has 1 aliphatic rings. The van der Waals surface area contributed by atoms with Gasteiger partial charge in [-0.15, -0.1) is 0 Å². The van der Waals surface area contributed by atoms with Crippen LogP contribution < -0.4 is 5.73 Å². The Bertz CT molecular complexity index is 482. The lowest BCUT2D eigenvalue weighted by Crippen LogP contribution is -2.45. The molecule has 110 valence electrons. The predicted octanol–water partition coefficient (Wildman–Crippen LogP) is 2.65. The number of rotatable bonds is 3. The molecule has 1 saturated heterocycles. The summed E-state index contributed by atoms with van der Waals surface area (Å²) in [6, 6.07) is 6.71. The van der Waals surface area contributed by atoms with E-state index in [9.17, 15) is 0 Å². The number of piperidine rings is 1. The summed E-state index contributed by atoms with van der Waals surface area (Å²) in [5, 5.41) is 12.1. The topological polar surface area (TPSA) is 61.8 Å². The van der Waals surface area contributed by atoms with Crippen LogP contribution >= 0.6 is 0 Å². The number of nitrogens with zero attached hydrogens (tertiary/aromatic N) is 2. The van der Waals surface area contributed by atoms with Gasteiger partial charge in [-0.2, -0.15) is 0 Å². The Morgan fingerprint density at radius 2 is 1.80 bits per heavy atom. The summed E-state index contributed by atoms with van der Waals surface area (Å²) < 4.78 is 0. The molecule has 1 aromatic carbocycles. The highest BCUT2D eigenvalue weighted by Crippen LogP contribution is 2.31. The van der Waals surface area contributed by atoms with E-state index in [2.05, 4.69) is 49.0 Å². The third-order valence-corrected chi connectivity index (χ3v) is 4.37. The lowest BCUT2D eigenvalue weighted by Gasteiger charge is -2.38. The summed E-state index contributed by atoms with van der Waals surface area (Å²) in [5.41, 5.74) is 9.65. The van der Waals surface area contributed by atoms with Crippen molar-refractivity contribution in [3.63, 3.8) is 0 Å². The summed E-state index contributed by atoms with van der Waals surface area (Å²) in [7, 11) is 0. The maximum Gasteiger partial charge on any atom is 0.145 e. The Labute approximate surface area is 121 Å². The number of aryl methyl sites for hydroxylation is 2. The second-order valence-electron chi connectivity index (χ2n) is 6.32. The van der Waals surface area contributed by atoms with Crippen LogP contribution in [0.2, 0.25) is 0 Å². The minimum absolute atomic E-state index is 0.159. The smallest absolute Gasteiger partial charge is 0.145 e. The van der Waals surface area contributed by atoms with Crippen LogP contribution in [0, 0.1) is 19.3 Å². The second-order valence-corrected chi connectivity index (χ2v) is 6.32. The molecule has 0 aromatic heterocycles. The lowest BCUT2D eigenvalue weighted by molar-refractivity contribution is 0.153. The summed E-state index contributed by atoms with van der Waals surface area (Å²) in [6.45, 7) is 9.31. The summed E-state index contributed by atoms with van der Waals surface area (Å²) >= 11 is 0. The first kappa shape index (κ1) is 14.9. The van der Waals surface area contributed by atoms with Crippen LogP contribution in [-0.4, -0.2) is 29.0 Å². The minimum atomic E-state index is -0.159. The Morgan fingerprint density at radius 1 is 1.25 bits per heavy atom. The fourth-order valence-corrected chi connectivity index (χ4v) is 3.00. The standard InChI is InChI=1S/C16H25N3O/c1-12-8-13(2)10-14(9-12)11-19-6-4-16(3,5-7-19)15(17)18-20/h8-10,20H,4-7,11H2,1-3H3,(H2,17,18). The van der Waals surface area contributed by atoms with Gasteiger partial charge in [-0.3, -0.25) is 4.90 Å². The maximum atomic E-state index is 8.86. The third kappa shape index (κ3) is 3.31. The first-order valence-corrected chi connectivity index (χ1v) is 7.20. The van der Waals surface area contributed by atoms with Gasteiger partial charge in [-0.1, -0.05) is 41.4 Å². The maximum absolute atomic E-state index is 8.86. The summed E-state index contributed by atoms with van der Waals surface area (Å²) in [4.78, 5) is 2.45. The van der Waals surface area contributed by atoms with E-state index in [0.29, 0.717) is 5.84 Å². The highest BCUT2D eigenvalue weighted by atomic mass is 16.4. The van der Waals surface area contributed by atoms with E-state index in [1.807, 2.05) is 0 Å². The molecule has 1 aliphatic heterocycles. The van der Waals surface area contributed by atoms with Gasteiger partial charge in [0.25, 0.3) is 0 Å². The summed E-state index contributed by atoms with van der Waals surface area (Å²) in [5.74, 6) is 0.364. The normalized spacial score (nSPS) is 20.1. The molecule has 0 amide bonds. The van der Waals surface area contributed by atoms with Crippen molar-refractivity contribution in [1.29, 1.82) is 0 Å². The Kier molecular flexibility index (Phi) is 4.33. The molecule has 1 fully saturated rings. The SMILES string of the molecule is Cc1cc(C)cc(CN2CCC(C)(/C(N)=N/O)CC2)c1. The largest absolute Gasteiger partial charge is 0.409 e. The van der Waals surface area contributed by atoms with E-state index in [4.69, 9.17) is 10.9 Å². The molecular formula is C16H25N3O. The zero-order valence-electron chi connectivity index (χ0n) is 12.7. The van der Waals surface area contributed by atoms with E-state index < -0.39 is 0 Å². The van der Waals surface area contributed by atoms with E-state index in [-0.39, 0.29) is 5.41 Å². The summed E-state index contributed by atoms with van der Waals surface area (Å²) in [6.07, 6.45) is 1.88. The Hall–Kier alpha value is -1.55. The first-order chi connectivity index (χ1) is 9.43. The molecule has 0 bridgehead atoms. The monoisotopic (exact) mass is 275 g/mol. The van der Waals surface area contributed by atoms with Gasteiger partial charge in [0.15, 0.2) is 0 Å². The van der Waals surface area contributed by atoms with Crippen molar-refractivity contribution in [2.75, 3.05) is 13.1 Å². The number of amidine groups is 1. The van der Waals surface area contributed by atoms with Gasteiger partial charge in [0.2, 0.25) is 0 Å². The molecule has 2 rings (SSSR count). The van der Waals surface area contributed by atoms with Crippen molar-refractivity contribution < 1.29 is 5.21 Å². The van der Waals surface area contributed by atoms with Crippen molar-refractivity contribution in [3.8, 4) is 0 Å².